The molecule has 2 saturated carbocycles. The van der Waals surface area contributed by atoms with Crippen molar-refractivity contribution < 1.29 is 19.0 Å². The van der Waals surface area contributed by atoms with Crippen LogP contribution in [0.2, 0.25) is 0 Å². The largest absolute Gasteiger partial charge is 0.498 e. The quantitative estimate of drug-likeness (QED) is 0.563. The van der Waals surface area contributed by atoms with Crippen molar-refractivity contribution in [3.8, 4) is 0 Å². The molecule has 0 spiro atoms. The molecule has 1 aliphatic heterocycles. The highest BCUT2D eigenvalue weighted by Gasteiger charge is 2.63. The lowest BCUT2D eigenvalue weighted by molar-refractivity contribution is -0.157. The maximum atomic E-state index is 11.4. The SMILES string of the molecule is C=CC(=O)OC1C2CC(C3COC(=C)C32)C1OC. The monoisotopic (exact) mass is 250 g/mol. The van der Waals surface area contributed by atoms with Crippen molar-refractivity contribution in [2.24, 2.45) is 23.7 Å². The predicted molar refractivity (Wildman–Crippen MR) is 64.5 cm³/mol. The number of methoxy groups -OCH3 is 1. The molecule has 3 fully saturated rings. The van der Waals surface area contributed by atoms with E-state index in [0.717, 1.165) is 18.8 Å². The molecule has 1 saturated heterocycles. The highest BCUT2D eigenvalue weighted by molar-refractivity contribution is 5.81. The number of esters is 1. The van der Waals surface area contributed by atoms with E-state index in [1.54, 1.807) is 7.11 Å². The lowest BCUT2D eigenvalue weighted by Gasteiger charge is -2.35. The molecule has 0 radical (unpaired) electrons. The van der Waals surface area contributed by atoms with Crippen LogP contribution in [0.5, 0.6) is 0 Å². The summed E-state index contributed by atoms with van der Waals surface area (Å²) in [7, 11) is 1.68. The van der Waals surface area contributed by atoms with Gasteiger partial charge in [0, 0.05) is 30.9 Å². The maximum absolute atomic E-state index is 11.4. The Bertz CT molecular complexity index is 403. The fraction of sp³-hybridized carbons (Fsp3) is 0.643. The van der Waals surface area contributed by atoms with Crippen molar-refractivity contribution in [1.29, 1.82) is 0 Å². The average molecular weight is 250 g/mol. The normalized spacial score (nSPS) is 44.6. The first-order valence-electron chi connectivity index (χ1n) is 6.34. The van der Waals surface area contributed by atoms with Gasteiger partial charge < -0.3 is 14.2 Å². The van der Waals surface area contributed by atoms with E-state index in [-0.39, 0.29) is 24.1 Å². The molecule has 6 unspecified atom stereocenters. The van der Waals surface area contributed by atoms with Gasteiger partial charge in [0.25, 0.3) is 0 Å². The van der Waals surface area contributed by atoms with Crippen LogP contribution in [-0.4, -0.2) is 31.9 Å². The molecule has 0 aromatic rings. The second kappa shape index (κ2) is 4.12. The number of hydrogen-bond acceptors (Lipinski definition) is 4. The van der Waals surface area contributed by atoms with Gasteiger partial charge in [-0.3, -0.25) is 0 Å². The lowest BCUT2D eigenvalue weighted by atomic mass is 9.77. The summed E-state index contributed by atoms with van der Waals surface area (Å²) in [6.45, 7) is 8.14. The topological polar surface area (TPSA) is 44.8 Å². The third-order valence-corrected chi connectivity index (χ3v) is 4.71. The number of fused-ring (bicyclic) bond motifs is 5. The van der Waals surface area contributed by atoms with Gasteiger partial charge in [-0.1, -0.05) is 13.2 Å². The van der Waals surface area contributed by atoms with Crippen molar-refractivity contribution in [3.63, 3.8) is 0 Å². The summed E-state index contributed by atoms with van der Waals surface area (Å²) in [6.07, 6.45) is 2.03. The Labute approximate surface area is 107 Å². The van der Waals surface area contributed by atoms with E-state index in [2.05, 4.69) is 13.2 Å². The second-order valence-electron chi connectivity index (χ2n) is 5.34. The lowest BCUT2D eigenvalue weighted by Crippen LogP contribution is -2.44. The van der Waals surface area contributed by atoms with Crippen molar-refractivity contribution in [3.05, 3.63) is 25.0 Å². The van der Waals surface area contributed by atoms with Crippen LogP contribution >= 0.6 is 0 Å². The van der Waals surface area contributed by atoms with Gasteiger partial charge in [0.05, 0.1) is 18.5 Å². The minimum absolute atomic E-state index is 0.0188. The maximum Gasteiger partial charge on any atom is 0.330 e. The molecule has 0 aromatic carbocycles. The van der Waals surface area contributed by atoms with Gasteiger partial charge in [-0.05, 0) is 12.3 Å². The van der Waals surface area contributed by atoms with Gasteiger partial charge in [-0.25, -0.2) is 4.79 Å². The van der Waals surface area contributed by atoms with E-state index in [1.165, 1.54) is 6.08 Å². The molecular formula is C14H18O4. The molecule has 98 valence electrons. The van der Waals surface area contributed by atoms with Crippen LogP contribution in [0.25, 0.3) is 0 Å². The summed E-state index contributed by atoms with van der Waals surface area (Å²) in [5, 5.41) is 0. The Morgan fingerprint density at radius 1 is 1.39 bits per heavy atom. The Kier molecular flexibility index (Phi) is 2.70. The third kappa shape index (κ3) is 1.45. The molecule has 18 heavy (non-hydrogen) atoms. The number of rotatable bonds is 3. The van der Waals surface area contributed by atoms with Crippen LogP contribution in [0.15, 0.2) is 25.0 Å². The highest BCUT2D eigenvalue weighted by Crippen LogP contribution is 2.59. The van der Waals surface area contributed by atoms with Gasteiger partial charge >= 0.3 is 5.97 Å². The van der Waals surface area contributed by atoms with Crippen molar-refractivity contribution in [2.75, 3.05) is 13.7 Å². The van der Waals surface area contributed by atoms with Gasteiger partial charge in [0.15, 0.2) is 0 Å². The molecule has 0 N–H and O–H groups in total. The molecule has 4 heteroatoms. The molecule has 3 aliphatic rings. The van der Waals surface area contributed by atoms with Crippen LogP contribution in [0.1, 0.15) is 6.42 Å². The Balaban J connectivity index is 1.84. The van der Waals surface area contributed by atoms with Crippen molar-refractivity contribution in [2.45, 2.75) is 18.6 Å². The zero-order valence-electron chi connectivity index (χ0n) is 10.5. The first-order valence-corrected chi connectivity index (χ1v) is 6.34. The molecule has 0 amide bonds. The summed E-state index contributed by atoms with van der Waals surface area (Å²) in [4.78, 5) is 11.4. The number of ether oxygens (including phenoxy) is 3. The van der Waals surface area contributed by atoms with Crippen molar-refractivity contribution >= 4 is 5.97 Å². The zero-order chi connectivity index (χ0) is 12.9. The standard InChI is InChI=1S/C14H18O4/c1-4-11(15)18-14-9-5-8(13(14)16-3)10-6-17-7(2)12(9)10/h4,8-10,12-14H,1-2,5-6H2,3H3. The smallest absolute Gasteiger partial charge is 0.330 e. The second-order valence-corrected chi connectivity index (χ2v) is 5.34. The summed E-state index contributed by atoms with van der Waals surface area (Å²) < 4.78 is 16.6. The van der Waals surface area contributed by atoms with Gasteiger partial charge in [0.2, 0.25) is 0 Å². The number of carbonyl (C=O) groups excluding carboxylic acids is 1. The number of carbonyl (C=O) groups is 1. The van der Waals surface area contributed by atoms with Gasteiger partial charge in [-0.2, -0.15) is 0 Å². The summed E-state index contributed by atoms with van der Waals surface area (Å²) in [5.74, 6) is 1.96. The molecular weight excluding hydrogens is 232 g/mol. The van der Waals surface area contributed by atoms with E-state index in [4.69, 9.17) is 14.2 Å². The zero-order valence-corrected chi connectivity index (χ0v) is 10.5. The average Bonchev–Trinajstić information content (AvgIpc) is 3.00. The Hall–Kier alpha value is -1.29. The molecule has 2 bridgehead atoms. The van der Waals surface area contributed by atoms with Crippen LogP contribution in [0.3, 0.4) is 0 Å². The number of hydrogen-bond donors (Lipinski definition) is 0. The molecule has 3 rings (SSSR count). The van der Waals surface area contributed by atoms with Gasteiger partial charge in [-0.15, -0.1) is 0 Å². The van der Waals surface area contributed by atoms with Crippen LogP contribution in [0.4, 0.5) is 0 Å². The summed E-state index contributed by atoms with van der Waals surface area (Å²) in [5.41, 5.74) is 0. The Morgan fingerprint density at radius 3 is 2.83 bits per heavy atom. The van der Waals surface area contributed by atoms with Gasteiger partial charge in [0.1, 0.15) is 6.10 Å². The highest BCUT2D eigenvalue weighted by atomic mass is 16.6. The fourth-order valence-corrected chi connectivity index (χ4v) is 4.07. The van der Waals surface area contributed by atoms with E-state index < -0.39 is 0 Å². The minimum Gasteiger partial charge on any atom is -0.498 e. The first-order chi connectivity index (χ1) is 8.67. The van der Waals surface area contributed by atoms with E-state index in [9.17, 15) is 4.79 Å². The van der Waals surface area contributed by atoms with E-state index in [0.29, 0.717) is 17.8 Å². The van der Waals surface area contributed by atoms with Crippen LogP contribution in [-0.2, 0) is 19.0 Å². The fourth-order valence-electron chi connectivity index (χ4n) is 4.07. The molecule has 2 aliphatic carbocycles. The van der Waals surface area contributed by atoms with Crippen molar-refractivity contribution in [1.82, 2.24) is 0 Å². The molecule has 6 atom stereocenters. The predicted octanol–water partition coefficient (Wildman–Crippen LogP) is 1.53. The molecule has 1 heterocycles. The van der Waals surface area contributed by atoms with Crippen LogP contribution < -0.4 is 0 Å². The summed E-state index contributed by atoms with van der Waals surface area (Å²) in [6, 6.07) is 0. The van der Waals surface area contributed by atoms with E-state index in [1.807, 2.05) is 0 Å². The molecule has 0 aromatic heterocycles. The summed E-state index contributed by atoms with van der Waals surface area (Å²) >= 11 is 0. The van der Waals surface area contributed by atoms with E-state index >= 15 is 0 Å². The first kappa shape index (κ1) is 11.8. The Morgan fingerprint density at radius 2 is 2.17 bits per heavy atom. The van der Waals surface area contributed by atoms with Crippen LogP contribution in [0, 0.1) is 23.7 Å². The minimum atomic E-state index is -0.379. The molecule has 4 nitrogen and oxygen atoms in total. The number of allylic oxidation sites excluding steroid dienone is 1. The third-order valence-electron chi connectivity index (χ3n) is 4.71.